The van der Waals surface area contributed by atoms with E-state index >= 15 is 0 Å². The molecule has 0 heterocycles. The number of esters is 1. The zero-order valence-corrected chi connectivity index (χ0v) is 36.8. The average Bonchev–Trinajstić information content (AvgIpc) is 3.18. The number of carbonyl (C=O) groups excluding carboxylic acids is 1. The number of hydrogen-bond acceptors (Lipinski definition) is 8. The number of phosphoric ester groups is 1. The molecule has 0 fully saturated rings. The third kappa shape index (κ3) is 42.6. The van der Waals surface area contributed by atoms with Crippen LogP contribution in [0, 0.1) is 0 Å². The maximum atomic E-state index is 12.6. The number of hydrogen-bond donors (Lipinski definition) is 3. The van der Waals surface area contributed by atoms with Gasteiger partial charge in [0.15, 0.2) is 0 Å². The van der Waals surface area contributed by atoms with E-state index < -0.39 is 33.2 Å². The Morgan fingerprint density at radius 2 is 0.927 bits per heavy atom. The number of carbonyl (C=O) groups is 1. The summed E-state index contributed by atoms with van der Waals surface area (Å²) in [5.74, 6) is -0.387. The fourth-order valence-electron chi connectivity index (χ4n) is 6.65. The van der Waals surface area contributed by atoms with Gasteiger partial charge in [-0.1, -0.05) is 193 Å². The maximum Gasteiger partial charge on any atom is 0.472 e. The Balaban J connectivity index is 4.07. The van der Waals surface area contributed by atoms with Gasteiger partial charge in [0, 0.05) is 13.0 Å². The van der Waals surface area contributed by atoms with Crippen molar-refractivity contribution >= 4 is 13.8 Å². The number of allylic oxidation sites excluding steroid dienone is 2. The standard InChI is InChI=1S/C45H89O9P/c1-3-5-7-9-11-13-15-17-19-20-21-22-23-24-26-28-30-32-34-36-38-51-41-44(42-53-55(49,50)52-40-43(47)39-46)54-45(48)37-35-33-31-29-27-25-18-16-14-12-10-8-6-4-2/h16,18,43-44,46-47H,3-15,17,19-42H2,1-2H3,(H,49,50)/b18-16-. The van der Waals surface area contributed by atoms with Crippen molar-refractivity contribution in [3.05, 3.63) is 12.2 Å². The van der Waals surface area contributed by atoms with Crippen LogP contribution in [-0.2, 0) is 27.9 Å². The van der Waals surface area contributed by atoms with Crippen molar-refractivity contribution in [1.29, 1.82) is 0 Å². The Labute approximate surface area is 339 Å². The van der Waals surface area contributed by atoms with Crippen LogP contribution in [0.3, 0.4) is 0 Å². The van der Waals surface area contributed by atoms with Gasteiger partial charge in [0.1, 0.15) is 12.2 Å². The number of ether oxygens (including phenoxy) is 2. The highest BCUT2D eigenvalue weighted by atomic mass is 31.2. The fraction of sp³-hybridized carbons (Fsp3) is 0.933. The highest BCUT2D eigenvalue weighted by Gasteiger charge is 2.26. The van der Waals surface area contributed by atoms with E-state index in [1.807, 2.05) is 0 Å². The topological polar surface area (TPSA) is 132 Å². The summed E-state index contributed by atoms with van der Waals surface area (Å²) in [4.78, 5) is 22.6. The first-order chi connectivity index (χ1) is 26.8. The molecule has 0 rings (SSSR count). The molecule has 3 unspecified atom stereocenters. The summed E-state index contributed by atoms with van der Waals surface area (Å²) in [5, 5.41) is 18.4. The van der Waals surface area contributed by atoms with Crippen molar-refractivity contribution < 1.29 is 43.0 Å². The smallest absolute Gasteiger partial charge is 0.457 e. The number of unbranched alkanes of at least 4 members (excludes halogenated alkanes) is 29. The lowest BCUT2D eigenvalue weighted by Crippen LogP contribution is -2.29. The molecule has 0 saturated carbocycles. The molecule has 0 aromatic heterocycles. The summed E-state index contributed by atoms with van der Waals surface area (Å²) < 4.78 is 33.4. The van der Waals surface area contributed by atoms with E-state index in [2.05, 4.69) is 26.0 Å². The molecular weight excluding hydrogens is 715 g/mol. The van der Waals surface area contributed by atoms with Gasteiger partial charge in [-0.2, -0.15) is 0 Å². The minimum absolute atomic E-state index is 0.0520. The van der Waals surface area contributed by atoms with Crippen LogP contribution >= 0.6 is 7.82 Å². The van der Waals surface area contributed by atoms with Gasteiger partial charge in [0.2, 0.25) is 0 Å². The van der Waals surface area contributed by atoms with Gasteiger partial charge < -0.3 is 24.6 Å². The van der Waals surface area contributed by atoms with Crippen LogP contribution in [0.1, 0.15) is 226 Å². The third-order valence-corrected chi connectivity index (χ3v) is 11.2. The van der Waals surface area contributed by atoms with Crippen LogP contribution in [0.2, 0.25) is 0 Å². The largest absolute Gasteiger partial charge is 0.472 e. The highest BCUT2D eigenvalue weighted by molar-refractivity contribution is 7.47. The van der Waals surface area contributed by atoms with E-state index in [0.29, 0.717) is 6.61 Å². The molecule has 0 radical (unpaired) electrons. The molecule has 0 aliphatic heterocycles. The lowest BCUT2D eigenvalue weighted by atomic mass is 10.0. The second-order valence-electron chi connectivity index (χ2n) is 15.8. The molecule has 0 spiro atoms. The van der Waals surface area contributed by atoms with Gasteiger partial charge >= 0.3 is 13.8 Å². The average molecular weight is 805 g/mol. The first-order valence-corrected chi connectivity index (χ1v) is 24.7. The lowest BCUT2D eigenvalue weighted by Gasteiger charge is -2.20. The van der Waals surface area contributed by atoms with Gasteiger partial charge in [-0.3, -0.25) is 13.8 Å². The molecule has 3 atom stereocenters. The van der Waals surface area contributed by atoms with Crippen molar-refractivity contribution in [2.45, 2.75) is 238 Å². The molecule has 0 aromatic carbocycles. The summed E-state index contributed by atoms with van der Waals surface area (Å²) >= 11 is 0. The molecule has 9 nitrogen and oxygen atoms in total. The van der Waals surface area contributed by atoms with Crippen LogP contribution in [0.5, 0.6) is 0 Å². The Morgan fingerprint density at radius 3 is 1.36 bits per heavy atom. The van der Waals surface area contributed by atoms with Gasteiger partial charge in [-0.15, -0.1) is 0 Å². The molecule has 0 aromatic rings. The summed E-state index contributed by atoms with van der Waals surface area (Å²) in [5.41, 5.74) is 0. The summed E-state index contributed by atoms with van der Waals surface area (Å²) in [6.45, 7) is 3.55. The first kappa shape index (κ1) is 54.2. The molecule has 0 aliphatic carbocycles. The minimum Gasteiger partial charge on any atom is -0.457 e. The van der Waals surface area contributed by atoms with Crippen molar-refractivity contribution in [3.63, 3.8) is 0 Å². The normalized spacial score (nSPS) is 14.1. The molecule has 3 N–H and O–H groups in total. The van der Waals surface area contributed by atoms with Crippen LogP contribution in [0.25, 0.3) is 0 Å². The van der Waals surface area contributed by atoms with Crippen LogP contribution in [0.15, 0.2) is 12.2 Å². The number of aliphatic hydroxyl groups is 2. The Morgan fingerprint density at radius 1 is 0.545 bits per heavy atom. The molecule has 0 bridgehead atoms. The zero-order valence-electron chi connectivity index (χ0n) is 35.9. The van der Waals surface area contributed by atoms with E-state index in [1.54, 1.807) is 0 Å². The molecule has 10 heteroatoms. The van der Waals surface area contributed by atoms with E-state index in [1.165, 1.54) is 154 Å². The van der Waals surface area contributed by atoms with E-state index in [9.17, 15) is 19.4 Å². The van der Waals surface area contributed by atoms with E-state index in [0.717, 1.165) is 51.4 Å². The van der Waals surface area contributed by atoms with Gasteiger partial charge in [-0.25, -0.2) is 4.57 Å². The van der Waals surface area contributed by atoms with Crippen molar-refractivity contribution in [2.75, 3.05) is 33.0 Å². The minimum atomic E-state index is -4.51. The summed E-state index contributed by atoms with van der Waals surface area (Å²) in [7, 11) is -4.51. The zero-order chi connectivity index (χ0) is 40.3. The SMILES string of the molecule is CCCCCCC/C=C\CCCCCCCC(=O)OC(COCCCCCCCCCCCCCCCCCCCCCC)COP(=O)(O)OCC(O)CO. The second kappa shape index (κ2) is 42.8. The van der Waals surface area contributed by atoms with Crippen molar-refractivity contribution in [2.24, 2.45) is 0 Å². The number of phosphoric acid groups is 1. The molecule has 55 heavy (non-hydrogen) atoms. The molecule has 0 saturated heterocycles. The van der Waals surface area contributed by atoms with E-state index in [-0.39, 0.29) is 25.6 Å². The van der Waals surface area contributed by atoms with Crippen LogP contribution in [0.4, 0.5) is 0 Å². The lowest BCUT2D eigenvalue weighted by molar-refractivity contribution is -0.154. The Kier molecular flexibility index (Phi) is 42.2. The third-order valence-electron chi connectivity index (χ3n) is 10.2. The second-order valence-corrected chi connectivity index (χ2v) is 17.2. The van der Waals surface area contributed by atoms with Gasteiger partial charge in [-0.05, 0) is 38.5 Å². The number of aliphatic hydroxyl groups excluding tert-OH is 2. The first-order valence-electron chi connectivity index (χ1n) is 23.2. The predicted molar refractivity (Wildman–Crippen MR) is 228 cm³/mol. The van der Waals surface area contributed by atoms with Crippen LogP contribution < -0.4 is 0 Å². The van der Waals surface area contributed by atoms with Crippen LogP contribution in [-0.4, -0.2) is 66.3 Å². The highest BCUT2D eigenvalue weighted by Crippen LogP contribution is 2.43. The Bertz CT molecular complexity index is 871. The maximum absolute atomic E-state index is 12.6. The quantitative estimate of drug-likeness (QED) is 0.0238. The van der Waals surface area contributed by atoms with E-state index in [4.69, 9.17) is 23.6 Å². The van der Waals surface area contributed by atoms with Gasteiger partial charge in [0.05, 0.1) is 26.4 Å². The molecule has 0 aliphatic rings. The monoisotopic (exact) mass is 805 g/mol. The molecular formula is C45H89O9P. The van der Waals surface area contributed by atoms with Crippen molar-refractivity contribution in [1.82, 2.24) is 0 Å². The van der Waals surface area contributed by atoms with Gasteiger partial charge in [0.25, 0.3) is 0 Å². The summed E-state index contributed by atoms with van der Waals surface area (Å²) in [6, 6.07) is 0. The number of rotatable bonds is 45. The molecule has 0 amide bonds. The predicted octanol–water partition coefficient (Wildman–Crippen LogP) is 12.9. The van der Waals surface area contributed by atoms with Crippen molar-refractivity contribution in [3.8, 4) is 0 Å². The molecule has 328 valence electrons. The summed E-state index contributed by atoms with van der Waals surface area (Å²) in [6.07, 6.45) is 43.2. The fourth-order valence-corrected chi connectivity index (χ4v) is 7.44. The Hall–Kier alpha value is -0.800.